The van der Waals surface area contributed by atoms with E-state index < -0.39 is 0 Å². The summed E-state index contributed by atoms with van der Waals surface area (Å²) in [6.07, 6.45) is 2.62. The summed E-state index contributed by atoms with van der Waals surface area (Å²) in [6.45, 7) is 0. The molecule has 1 rings (SSSR count). The minimum absolute atomic E-state index is 0.0463. The highest BCUT2D eigenvalue weighted by atomic mass is 19.2. The van der Waals surface area contributed by atoms with Gasteiger partial charge in [0.05, 0.1) is 0 Å². The number of aromatic nitrogens is 2. The van der Waals surface area contributed by atoms with Crippen molar-refractivity contribution in [1.29, 1.82) is 0 Å². The Morgan fingerprint density at radius 2 is 2.44 bits per heavy atom. The molecule has 0 radical (unpaired) electrons. The molecular weight excluding hydrogens is 123 g/mol. The zero-order chi connectivity index (χ0) is 6.69. The summed E-state index contributed by atoms with van der Waals surface area (Å²) in [7, 11) is 0. The highest BCUT2D eigenvalue weighted by molar-refractivity contribution is 5.29. The summed E-state index contributed by atoms with van der Waals surface area (Å²) in [4.78, 5) is 7.06. The molecule has 0 saturated heterocycles. The SMILES string of the molecule is NN(F)c1ccncn1. The van der Waals surface area contributed by atoms with Gasteiger partial charge in [-0.3, -0.25) is 0 Å². The van der Waals surface area contributed by atoms with Gasteiger partial charge in [0, 0.05) is 12.3 Å². The van der Waals surface area contributed by atoms with E-state index in [0.29, 0.717) is 0 Å². The lowest BCUT2D eigenvalue weighted by Gasteiger charge is -2.01. The summed E-state index contributed by atoms with van der Waals surface area (Å²) < 4.78 is 12.0. The van der Waals surface area contributed by atoms with Crippen LogP contribution in [0.15, 0.2) is 18.6 Å². The first-order chi connectivity index (χ1) is 4.30. The smallest absolute Gasteiger partial charge is 0.178 e. The summed E-state index contributed by atoms with van der Waals surface area (Å²) in [5.41, 5.74) is 0. The molecule has 0 aliphatic rings. The summed E-state index contributed by atoms with van der Waals surface area (Å²) >= 11 is 0. The quantitative estimate of drug-likeness (QED) is 0.329. The Hall–Kier alpha value is -1.23. The van der Waals surface area contributed by atoms with Crippen LogP contribution >= 0.6 is 0 Å². The van der Waals surface area contributed by atoms with Gasteiger partial charge in [0.1, 0.15) is 6.33 Å². The van der Waals surface area contributed by atoms with Gasteiger partial charge in [-0.25, -0.2) is 15.8 Å². The van der Waals surface area contributed by atoms with Crippen molar-refractivity contribution in [3.63, 3.8) is 0 Å². The average Bonchev–Trinajstić information content (AvgIpc) is 1.90. The maximum atomic E-state index is 12.0. The van der Waals surface area contributed by atoms with Gasteiger partial charge in [-0.2, -0.15) is 0 Å². The van der Waals surface area contributed by atoms with E-state index in [2.05, 4.69) is 9.97 Å². The molecule has 0 amide bonds. The van der Waals surface area contributed by atoms with Crippen molar-refractivity contribution >= 4 is 5.82 Å². The number of nitrogens with zero attached hydrogens (tertiary/aromatic N) is 3. The Morgan fingerprint density at radius 3 is 2.78 bits per heavy atom. The topological polar surface area (TPSA) is 55.0 Å². The number of hydrogen-bond acceptors (Lipinski definition) is 4. The predicted molar refractivity (Wildman–Crippen MR) is 29.8 cm³/mol. The van der Waals surface area contributed by atoms with E-state index in [1.54, 1.807) is 0 Å². The maximum Gasteiger partial charge on any atom is 0.178 e. The first-order valence-electron chi connectivity index (χ1n) is 2.27. The van der Waals surface area contributed by atoms with E-state index in [0.717, 1.165) is 0 Å². The first kappa shape index (κ1) is 5.90. The number of hydrogen-bond donors (Lipinski definition) is 1. The van der Waals surface area contributed by atoms with Crippen molar-refractivity contribution < 1.29 is 4.48 Å². The van der Waals surface area contributed by atoms with Crippen molar-refractivity contribution in [1.82, 2.24) is 9.97 Å². The van der Waals surface area contributed by atoms with Gasteiger partial charge in [0.15, 0.2) is 5.82 Å². The number of anilines is 1. The van der Waals surface area contributed by atoms with Gasteiger partial charge in [-0.15, -0.1) is 5.23 Å². The molecule has 0 aliphatic heterocycles. The second-order valence-electron chi connectivity index (χ2n) is 1.38. The fourth-order valence-corrected chi connectivity index (χ4v) is 0.410. The highest BCUT2D eigenvalue weighted by Gasteiger charge is 1.95. The molecular formula is C4H5FN4. The van der Waals surface area contributed by atoms with E-state index in [-0.39, 0.29) is 11.0 Å². The van der Waals surface area contributed by atoms with E-state index >= 15 is 0 Å². The van der Waals surface area contributed by atoms with E-state index in [4.69, 9.17) is 5.84 Å². The molecule has 48 valence electrons. The van der Waals surface area contributed by atoms with Crippen LogP contribution in [0.1, 0.15) is 0 Å². The van der Waals surface area contributed by atoms with Crippen LogP contribution in [0.5, 0.6) is 0 Å². The number of rotatable bonds is 1. The third-order valence-corrected chi connectivity index (χ3v) is 0.785. The third-order valence-electron chi connectivity index (χ3n) is 0.785. The Balaban J connectivity index is 2.85. The molecule has 4 nitrogen and oxygen atoms in total. The van der Waals surface area contributed by atoms with Crippen LogP contribution in [-0.2, 0) is 0 Å². The fraction of sp³-hybridized carbons (Fsp3) is 0. The monoisotopic (exact) mass is 128 g/mol. The zero-order valence-electron chi connectivity index (χ0n) is 4.53. The summed E-state index contributed by atoms with van der Waals surface area (Å²) in [6, 6.07) is 1.36. The Labute approximate surface area is 51.0 Å². The standard InChI is InChI=1S/C4H5FN4/c5-9(6)4-1-2-7-3-8-4/h1-3H,6H2. The van der Waals surface area contributed by atoms with Gasteiger partial charge in [0.25, 0.3) is 0 Å². The van der Waals surface area contributed by atoms with Crippen LogP contribution in [-0.4, -0.2) is 9.97 Å². The number of hydrazine groups is 1. The van der Waals surface area contributed by atoms with Crippen molar-refractivity contribution in [3.05, 3.63) is 18.6 Å². The second-order valence-corrected chi connectivity index (χ2v) is 1.38. The molecule has 5 heteroatoms. The second kappa shape index (κ2) is 2.36. The molecule has 0 unspecified atom stereocenters. The van der Waals surface area contributed by atoms with Crippen LogP contribution in [0.3, 0.4) is 0 Å². The molecule has 9 heavy (non-hydrogen) atoms. The Bertz CT molecular complexity index is 175. The predicted octanol–water partition coefficient (Wildman–Crippen LogP) is 0.0412. The normalized spacial score (nSPS) is 9.11. The molecule has 0 saturated carbocycles. The van der Waals surface area contributed by atoms with Crippen molar-refractivity contribution in [2.24, 2.45) is 5.84 Å². The van der Waals surface area contributed by atoms with Crippen molar-refractivity contribution in [2.45, 2.75) is 0 Å². The van der Waals surface area contributed by atoms with Crippen LogP contribution in [0.2, 0.25) is 0 Å². The molecule has 1 heterocycles. The molecule has 2 N–H and O–H groups in total. The number of halogens is 1. The lowest BCUT2D eigenvalue weighted by molar-refractivity contribution is 0.438. The zero-order valence-corrected chi connectivity index (χ0v) is 4.53. The van der Waals surface area contributed by atoms with Crippen LogP contribution in [0, 0.1) is 0 Å². The van der Waals surface area contributed by atoms with Crippen molar-refractivity contribution in [2.75, 3.05) is 5.23 Å². The molecule has 1 aromatic heterocycles. The lowest BCUT2D eigenvalue weighted by atomic mass is 10.6. The van der Waals surface area contributed by atoms with Crippen LogP contribution in [0.4, 0.5) is 10.3 Å². The molecule has 0 aliphatic carbocycles. The summed E-state index contributed by atoms with van der Waals surface area (Å²) in [5, 5.41) is -0.0678. The lowest BCUT2D eigenvalue weighted by Crippen LogP contribution is -2.20. The van der Waals surface area contributed by atoms with E-state index in [1.165, 1.54) is 18.6 Å². The average molecular weight is 128 g/mol. The fourth-order valence-electron chi connectivity index (χ4n) is 0.410. The van der Waals surface area contributed by atoms with Gasteiger partial charge in [0.2, 0.25) is 0 Å². The molecule has 0 bridgehead atoms. The Morgan fingerprint density at radius 1 is 1.67 bits per heavy atom. The molecule has 0 fully saturated rings. The van der Waals surface area contributed by atoms with Gasteiger partial charge < -0.3 is 0 Å². The van der Waals surface area contributed by atoms with E-state index in [9.17, 15) is 4.48 Å². The highest BCUT2D eigenvalue weighted by Crippen LogP contribution is 2.01. The Kier molecular flexibility index (Phi) is 1.55. The van der Waals surface area contributed by atoms with Gasteiger partial charge >= 0.3 is 0 Å². The van der Waals surface area contributed by atoms with Gasteiger partial charge in [-0.05, 0) is 0 Å². The first-order valence-corrected chi connectivity index (χ1v) is 2.27. The minimum atomic E-state index is -0.0678. The molecule has 0 atom stereocenters. The number of nitrogens with two attached hydrogens (primary N) is 1. The molecule has 0 aromatic carbocycles. The molecule has 1 aromatic rings. The van der Waals surface area contributed by atoms with Crippen LogP contribution in [0.25, 0.3) is 0 Å². The van der Waals surface area contributed by atoms with Crippen molar-refractivity contribution in [3.8, 4) is 0 Å². The maximum absolute atomic E-state index is 12.0. The summed E-state index contributed by atoms with van der Waals surface area (Å²) in [5.74, 6) is 4.74. The third kappa shape index (κ3) is 1.33. The molecule has 0 spiro atoms. The van der Waals surface area contributed by atoms with E-state index in [1.807, 2.05) is 0 Å². The van der Waals surface area contributed by atoms with Gasteiger partial charge in [-0.1, -0.05) is 4.48 Å². The largest absolute Gasteiger partial charge is 0.245 e. The van der Waals surface area contributed by atoms with Crippen LogP contribution < -0.4 is 11.1 Å². The minimum Gasteiger partial charge on any atom is -0.245 e.